The van der Waals surface area contributed by atoms with Gasteiger partial charge in [0.25, 0.3) is 0 Å². The lowest BCUT2D eigenvalue weighted by Gasteiger charge is -2.20. The lowest BCUT2D eigenvalue weighted by Crippen LogP contribution is -2.23. The second-order valence-electron chi connectivity index (χ2n) is 4.73. The molecule has 2 aromatic rings. The Labute approximate surface area is 101 Å². The van der Waals surface area contributed by atoms with E-state index in [1.165, 1.54) is 11.1 Å². The maximum Gasteiger partial charge on any atom is 0.111 e. The van der Waals surface area contributed by atoms with Gasteiger partial charge in [0, 0.05) is 18.5 Å². The van der Waals surface area contributed by atoms with Crippen molar-refractivity contribution >= 4 is 0 Å². The Morgan fingerprint density at radius 2 is 2.29 bits per heavy atom. The molecular weight excluding hydrogens is 212 g/mol. The third kappa shape index (κ3) is 1.87. The summed E-state index contributed by atoms with van der Waals surface area (Å²) in [5.74, 6) is 1.00. The third-order valence-corrected chi connectivity index (χ3v) is 3.36. The van der Waals surface area contributed by atoms with Gasteiger partial charge in [0.2, 0.25) is 0 Å². The van der Waals surface area contributed by atoms with Gasteiger partial charge in [-0.25, -0.2) is 4.98 Å². The molecule has 2 heterocycles. The quantitative estimate of drug-likeness (QED) is 0.812. The number of aliphatic hydroxyl groups excluding tert-OH is 1. The molecule has 0 amide bonds. The van der Waals surface area contributed by atoms with E-state index in [0.29, 0.717) is 6.42 Å². The lowest BCUT2D eigenvalue weighted by atomic mass is 10.1. The van der Waals surface area contributed by atoms with Crippen LogP contribution in [0.4, 0.5) is 0 Å². The van der Waals surface area contributed by atoms with E-state index in [9.17, 15) is 5.11 Å². The molecule has 0 saturated heterocycles. The topological polar surface area (TPSA) is 38.0 Å². The van der Waals surface area contributed by atoms with Crippen LogP contribution in [0.1, 0.15) is 17.8 Å². The Kier molecular flexibility index (Phi) is 2.48. The van der Waals surface area contributed by atoms with Crippen LogP contribution >= 0.6 is 0 Å². The van der Waals surface area contributed by atoms with E-state index in [2.05, 4.69) is 40.7 Å². The van der Waals surface area contributed by atoms with Gasteiger partial charge in [0.1, 0.15) is 5.82 Å². The molecule has 17 heavy (non-hydrogen) atoms. The predicted molar refractivity (Wildman–Crippen MR) is 66.7 cm³/mol. The van der Waals surface area contributed by atoms with Gasteiger partial charge in [0.15, 0.2) is 0 Å². The summed E-state index contributed by atoms with van der Waals surface area (Å²) in [6.45, 7) is 2.96. The molecule has 1 N–H and O–H groups in total. The maximum absolute atomic E-state index is 9.63. The number of nitrogens with zero attached hydrogens (tertiary/aromatic N) is 2. The first-order chi connectivity index (χ1) is 8.24. The van der Waals surface area contributed by atoms with Crippen molar-refractivity contribution in [3.63, 3.8) is 0 Å². The summed E-state index contributed by atoms with van der Waals surface area (Å²) >= 11 is 0. The molecule has 0 spiro atoms. The number of aromatic nitrogens is 2. The van der Waals surface area contributed by atoms with Crippen LogP contribution in [0.3, 0.4) is 0 Å². The largest absolute Gasteiger partial charge is 0.393 e. The highest BCUT2D eigenvalue weighted by Gasteiger charge is 2.20. The Bertz CT molecular complexity index is 545. The van der Waals surface area contributed by atoms with Crippen LogP contribution < -0.4 is 0 Å². The van der Waals surface area contributed by atoms with Crippen molar-refractivity contribution in [3.8, 4) is 11.3 Å². The van der Waals surface area contributed by atoms with Gasteiger partial charge in [0.05, 0.1) is 18.0 Å². The van der Waals surface area contributed by atoms with Gasteiger partial charge < -0.3 is 9.67 Å². The van der Waals surface area contributed by atoms with E-state index in [1.54, 1.807) is 0 Å². The minimum Gasteiger partial charge on any atom is -0.393 e. The second kappa shape index (κ2) is 4.00. The summed E-state index contributed by atoms with van der Waals surface area (Å²) in [5.41, 5.74) is 3.63. The van der Waals surface area contributed by atoms with E-state index in [-0.39, 0.29) is 6.10 Å². The standard InChI is InChI=1S/C14H16N2O/c1-10-3-2-4-11(7-10)13-9-15-14-8-12(17)5-6-16(13)14/h2-4,7,9,12,17H,5-6,8H2,1H3. The molecule has 0 fully saturated rings. The third-order valence-electron chi connectivity index (χ3n) is 3.36. The first-order valence-electron chi connectivity index (χ1n) is 6.03. The Balaban J connectivity index is 2.05. The molecule has 1 unspecified atom stereocenters. The van der Waals surface area contributed by atoms with Crippen molar-refractivity contribution < 1.29 is 5.11 Å². The molecule has 1 aliphatic rings. The van der Waals surface area contributed by atoms with Crippen LogP contribution in [0, 0.1) is 6.92 Å². The number of hydrogen-bond donors (Lipinski definition) is 1. The zero-order valence-corrected chi connectivity index (χ0v) is 9.93. The first kappa shape index (κ1) is 10.5. The van der Waals surface area contributed by atoms with Crippen molar-refractivity contribution in [2.45, 2.75) is 32.4 Å². The molecule has 3 heteroatoms. The summed E-state index contributed by atoms with van der Waals surface area (Å²) < 4.78 is 2.22. The van der Waals surface area contributed by atoms with Crippen LogP contribution in [-0.2, 0) is 13.0 Å². The van der Waals surface area contributed by atoms with Crippen molar-refractivity contribution in [2.24, 2.45) is 0 Å². The number of benzene rings is 1. The number of rotatable bonds is 1. The Hall–Kier alpha value is -1.61. The number of aliphatic hydroxyl groups is 1. The van der Waals surface area contributed by atoms with Gasteiger partial charge in [-0.1, -0.05) is 23.8 Å². The Morgan fingerprint density at radius 3 is 3.12 bits per heavy atom. The number of fused-ring (bicyclic) bond motifs is 1. The van der Waals surface area contributed by atoms with Crippen molar-refractivity contribution in [2.75, 3.05) is 0 Å². The number of imidazole rings is 1. The molecule has 1 aromatic carbocycles. The average Bonchev–Trinajstić information content (AvgIpc) is 2.71. The van der Waals surface area contributed by atoms with E-state index in [0.717, 1.165) is 24.5 Å². The highest BCUT2D eigenvalue weighted by Crippen LogP contribution is 2.25. The van der Waals surface area contributed by atoms with Crippen LogP contribution in [0.15, 0.2) is 30.5 Å². The van der Waals surface area contributed by atoms with Crippen LogP contribution in [0.25, 0.3) is 11.3 Å². The van der Waals surface area contributed by atoms with Crippen molar-refractivity contribution in [3.05, 3.63) is 41.9 Å². The van der Waals surface area contributed by atoms with E-state index in [4.69, 9.17) is 0 Å². The van der Waals surface area contributed by atoms with Crippen molar-refractivity contribution in [1.29, 1.82) is 0 Å². The molecule has 1 atom stereocenters. The maximum atomic E-state index is 9.63. The summed E-state index contributed by atoms with van der Waals surface area (Å²) in [5, 5.41) is 9.63. The van der Waals surface area contributed by atoms with Crippen LogP contribution in [-0.4, -0.2) is 20.8 Å². The molecule has 0 saturated carbocycles. The highest BCUT2D eigenvalue weighted by atomic mass is 16.3. The smallest absolute Gasteiger partial charge is 0.111 e. The molecule has 0 bridgehead atoms. The minimum atomic E-state index is -0.227. The van der Waals surface area contributed by atoms with Gasteiger partial charge in [-0.05, 0) is 19.4 Å². The first-order valence-corrected chi connectivity index (χ1v) is 6.03. The van der Waals surface area contributed by atoms with Gasteiger partial charge >= 0.3 is 0 Å². The zero-order valence-electron chi connectivity index (χ0n) is 9.93. The molecule has 88 valence electrons. The van der Waals surface area contributed by atoms with Gasteiger partial charge in [-0.3, -0.25) is 0 Å². The average molecular weight is 228 g/mol. The van der Waals surface area contributed by atoms with Crippen molar-refractivity contribution in [1.82, 2.24) is 9.55 Å². The molecular formula is C14H16N2O. The summed E-state index contributed by atoms with van der Waals surface area (Å²) in [4.78, 5) is 4.42. The second-order valence-corrected chi connectivity index (χ2v) is 4.73. The summed E-state index contributed by atoms with van der Waals surface area (Å²) in [6.07, 6.45) is 3.19. The normalized spacial score (nSPS) is 19.1. The monoisotopic (exact) mass is 228 g/mol. The SMILES string of the molecule is Cc1cccc(-c2cnc3n2CCC(O)C3)c1. The Morgan fingerprint density at radius 1 is 1.41 bits per heavy atom. The number of hydrogen-bond acceptors (Lipinski definition) is 2. The highest BCUT2D eigenvalue weighted by molar-refractivity contribution is 5.60. The summed E-state index contributed by atoms with van der Waals surface area (Å²) in [7, 11) is 0. The fourth-order valence-electron chi connectivity index (χ4n) is 2.45. The predicted octanol–water partition coefficient (Wildman–Crippen LogP) is 2.17. The lowest BCUT2D eigenvalue weighted by molar-refractivity contribution is 0.142. The number of aryl methyl sites for hydroxylation is 1. The molecule has 3 rings (SSSR count). The fourth-order valence-corrected chi connectivity index (χ4v) is 2.45. The minimum absolute atomic E-state index is 0.227. The summed E-state index contributed by atoms with van der Waals surface area (Å²) in [6, 6.07) is 8.46. The molecule has 1 aromatic heterocycles. The molecule has 3 nitrogen and oxygen atoms in total. The molecule has 1 aliphatic heterocycles. The molecule has 0 aliphatic carbocycles. The van der Waals surface area contributed by atoms with E-state index >= 15 is 0 Å². The van der Waals surface area contributed by atoms with Crippen LogP contribution in [0.5, 0.6) is 0 Å². The van der Waals surface area contributed by atoms with E-state index in [1.807, 2.05) is 6.20 Å². The zero-order chi connectivity index (χ0) is 11.8. The van der Waals surface area contributed by atoms with Crippen LogP contribution in [0.2, 0.25) is 0 Å². The van der Waals surface area contributed by atoms with Gasteiger partial charge in [-0.2, -0.15) is 0 Å². The van der Waals surface area contributed by atoms with E-state index < -0.39 is 0 Å². The fraction of sp³-hybridized carbons (Fsp3) is 0.357. The molecule has 0 radical (unpaired) electrons. The van der Waals surface area contributed by atoms with Gasteiger partial charge in [-0.15, -0.1) is 0 Å².